The van der Waals surface area contributed by atoms with Crippen molar-refractivity contribution in [3.05, 3.63) is 88.4 Å². The van der Waals surface area contributed by atoms with E-state index in [1.165, 1.54) is 24.1 Å². The molecule has 2 amide bonds. The quantitative estimate of drug-likeness (QED) is 0.262. The molecule has 0 aliphatic heterocycles. The van der Waals surface area contributed by atoms with E-state index in [9.17, 15) is 18.0 Å². The number of sulfonamides is 1. The third-order valence-electron chi connectivity index (χ3n) is 7.43. The number of nitrogens with one attached hydrogen (secondary N) is 1. The van der Waals surface area contributed by atoms with Crippen molar-refractivity contribution in [2.75, 3.05) is 18.0 Å². The maximum atomic E-state index is 14.3. The molecule has 1 saturated carbocycles. The van der Waals surface area contributed by atoms with Crippen LogP contribution in [0, 0.1) is 0 Å². The Bertz CT molecular complexity index is 1480. The Morgan fingerprint density at radius 1 is 0.976 bits per heavy atom. The smallest absolute Gasteiger partial charge is 0.264 e. The topological polar surface area (TPSA) is 96.0 Å². The zero-order valence-electron chi connectivity index (χ0n) is 23.6. The summed E-state index contributed by atoms with van der Waals surface area (Å²) in [6.07, 6.45) is 4.13. The summed E-state index contributed by atoms with van der Waals surface area (Å²) in [7, 11) is -2.71. The molecule has 0 bridgehead atoms. The summed E-state index contributed by atoms with van der Waals surface area (Å²) in [5.41, 5.74) is 0.714. The Balaban J connectivity index is 1.75. The van der Waals surface area contributed by atoms with Gasteiger partial charge in [-0.3, -0.25) is 13.9 Å². The van der Waals surface area contributed by atoms with Gasteiger partial charge in [-0.2, -0.15) is 0 Å². The van der Waals surface area contributed by atoms with E-state index in [-0.39, 0.29) is 29.1 Å². The number of methoxy groups -OCH3 is 1. The summed E-state index contributed by atoms with van der Waals surface area (Å²) >= 11 is 13.0. The Hall–Kier alpha value is -3.27. The van der Waals surface area contributed by atoms with Crippen LogP contribution in [0.1, 0.15) is 44.6 Å². The molecule has 8 nitrogen and oxygen atoms in total. The Labute approximate surface area is 257 Å². The molecule has 3 aromatic carbocycles. The summed E-state index contributed by atoms with van der Waals surface area (Å²) in [4.78, 5) is 29.2. The lowest BCUT2D eigenvalue weighted by molar-refractivity contribution is -0.140. The van der Waals surface area contributed by atoms with Crippen LogP contribution in [0.3, 0.4) is 0 Å². The summed E-state index contributed by atoms with van der Waals surface area (Å²) < 4.78 is 34.3. The molecule has 0 heterocycles. The highest BCUT2D eigenvalue weighted by Gasteiger charge is 2.35. The minimum absolute atomic E-state index is 0.0207. The molecule has 0 aromatic heterocycles. The number of rotatable bonds is 12. The van der Waals surface area contributed by atoms with Gasteiger partial charge in [-0.15, -0.1) is 0 Å². The predicted octanol–water partition coefficient (Wildman–Crippen LogP) is 6.06. The van der Waals surface area contributed by atoms with Crippen molar-refractivity contribution in [1.29, 1.82) is 0 Å². The van der Waals surface area contributed by atoms with E-state index in [0.717, 1.165) is 30.0 Å². The largest absolute Gasteiger partial charge is 0.497 e. The van der Waals surface area contributed by atoms with Crippen LogP contribution in [-0.4, -0.2) is 50.9 Å². The molecule has 1 atom stereocenters. The molecule has 4 rings (SSSR count). The fourth-order valence-corrected chi connectivity index (χ4v) is 7.10. The average molecular weight is 633 g/mol. The maximum absolute atomic E-state index is 14.3. The van der Waals surface area contributed by atoms with Crippen molar-refractivity contribution in [2.45, 2.75) is 62.6 Å². The van der Waals surface area contributed by atoms with E-state index in [4.69, 9.17) is 27.9 Å². The van der Waals surface area contributed by atoms with Gasteiger partial charge in [0.2, 0.25) is 11.8 Å². The molecule has 1 aliphatic carbocycles. The van der Waals surface area contributed by atoms with Crippen molar-refractivity contribution in [3.8, 4) is 5.75 Å². The number of carbonyl (C=O) groups is 2. The van der Waals surface area contributed by atoms with Crippen molar-refractivity contribution < 1.29 is 22.7 Å². The number of hydrogen-bond acceptors (Lipinski definition) is 5. The van der Waals surface area contributed by atoms with Crippen molar-refractivity contribution >= 4 is 50.7 Å². The third kappa shape index (κ3) is 7.38. The Morgan fingerprint density at radius 2 is 1.62 bits per heavy atom. The molecular weight excluding hydrogens is 597 g/mol. The first kappa shape index (κ1) is 31.7. The molecule has 11 heteroatoms. The molecule has 3 aromatic rings. The summed E-state index contributed by atoms with van der Waals surface area (Å²) in [6, 6.07) is 18.5. The molecular formula is C31H35Cl2N3O5S. The van der Waals surface area contributed by atoms with E-state index in [1.807, 2.05) is 6.92 Å². The number of halogens is 2. The Kier molecular flexibility index (Phi) is 10.8. The first-order chi connectivity index (χ1) is 20.1. The standard InChI is InChI=1S/C31H35Cl2N3O5S/c1-3-29(31(38)34-22-11-7-8-12-22)35(20-26-27(32)17-10-18-28(26)33)30(37)21-36(23-13-9-14-24(19-23)41-2)42(39,40)25-15-5-4-6-16-25/h4-6,9-10,13-19,22,29H,3,7-8,11-12,20-21H2,1-2H3,(H,34,38)/t29-/m0/s1. The van der Waals surface area contributed by atoms with Crippen molar-refractivity contribution in [3.63, 3.8) is 0 Å². The highest BCUT2D eigenvalue weighted by molar-refractivity contribution is 7.92. The van der Waals surface area contributed by atoms with Gasteiger partial charge in [-0.1, -0.05) is 73.3 Å². The van der Waals surface area contributed by atoms with E-state index in [1.54, 1.807) is 60.7 Å². The normalized spacial score (nSPS) is 14.3. The lowest BCUT2D eigenvalue weighted by Gasteiger charge is -2.34. The number of carbonyl (C=O) groups excluding carboxylic acids is 2. The highest BCUT2D eigenvalue weighted by Crippen LogP contribution is 2.30. The number of amides is 2. The van der Waals surface area contributed by atoms with Crippen LogP contribution >= 0.6 is 23.2 Å². The SMILES string of the molecule is CC[C@@H](C(=O)NC1CCCC1)N(Cc1c(Cl)cccc1Cl)C(=O)CN(c1cccc(OC)c1)S(=O)(=O)c1ccccc1. The van der Waals surface area contributed by atoms with Gasteiger partial charge in [-0.05, 0) is 55.7 Å². The van der Waals surface area contributed by atoms with Gasteiger partial charge in [0.05, 0.1) is 17.7 Å². The van der Waals surface area contributed by atoms with Crippen LogP contribution in [0.25, 0.3) is 0 Å². The predicted molar refractivity (Wildman–Crippen MR) is 165 cm³/mol. The van der Waals surface area contributed by atoms with Crippen molar-refractivity contribution in [1.82, 2.24) is 10.2 Å². The van der Waals surface area contributed by atoms with E-state index in [2.05, 4.69) is 5.32 Å². The van der Waals surface area contributed by atoms with Crippen LogP contribution in [0.2, 0.25) is 10.0 Å². The van der Waals surface area contributed by atoms with Crippen LogP contribution in [0.15, 0.2) is 77.7 Å². The highest BCUT2D eigenvalue weighted by atomic mass is 35.5. The van der Waals surface area contributed by atoms with E-state index in [0.29, 0.717) is 27.8 Å². The number of anilines is 1. The van der Waals surface area contributed by atoms with Crippen LogP contribution in [-0.2, 0) is 26.2 Å². The monoisotopic (exact) mass is 631 g/mol. The fourth-order valence-electron chi connectivity index (χ4n) is 5.15. The fraction of sp³-hybridized carbons (Fsp3) is 0.355. The second-order valence-electron chi connectivity index (χ2n) is 10.2. The third-order valence-corrected chi connectivity index (χ3v) is 9.93. The number of benzene rings is 3. The van der Waals surface area contributed by atoms with Gasteiger partial charge in [0.15, 0.2) is 0 Å². The van der Waals surface area contributed by atoms with E-state index >= 15 is 0 Å². The minimum atomic E-state index is -4.19. The zero-order chi connectivity index (χ0) is 30.3. The number of ether oxygens (including phenoxy) is 1. The lowest BCUT2D eigenvalue weighted by atomic mass is 10.1. The summed E-state index contributed by atoms with van der Waals surface area (Å²) in [5.74, 6) is -0.447. The van der Waals surface area contributed by atoms with Crippen LogP contribution in [0.5, 0.6) is 5.75 Å². The van der Waals surface area contributed by atoms with E-state index < -0.39 is 28.5 Å². The molecule has 1 aliphatic rings. The average Bonchev–Trinajstić information content (AvgIpc) is 3.50. The molecule has 1 fully saturated rings. The zero-order valence-corrected chi connectivity index (χ0v) is 26.0. The summed E-state index contributed by atoms with van der Waals surface area (Å²) in [5, 5.41) is 3.77. The molecule has 224 valence electrons. The number of hydrogen-bond donors (Lipinski definition) is 1. The first-order valence-corrected chi connectivity index (χ1v) is 16.1. The second-order valence-corrected chi connectivity index (χ2v) is 12.8. The van der Waals surface area contributed by atoms with Crippen LogP contribution < -0.4 is 14.4 Å². The Morgan fingerprint density at radius 3 is 2.24 bits per heavy atom. The first-order valence-electron chi connectivity index (χ1n) is 13.9. The molecule has 0 radical (unpaired) electrons. The molecule has 0 saturated heterocycles. The molecule has 0 spiro atoms. The second kappa shape index (κ2) is 14.3. The van der Waals surface area contributed by atoms with Gasteiger partial charge in [-0.25, -0.2) is 8.42 Å². The van der Waals surface area contributed by atoms with Crippen LogP contribution in [0.4, 0.5) is 5.69 Å². The van der Waals surface area contributed by atoms with Gasteiger partial charge in [0.1, 0.15) is 18.3 Å². The minimum Gasteiger partial charge on any atom is -0.497 e. The molecule has 1 N–H and O–H groups in total. The number of nitrogens with zero attached hydrogens (tertiary/aromatic N) is 2. The van der Waals surface area contributed by atoms with Gasteiger partial charge < -0.3 is 15.0 Å². The maximum Gasteiger partial charge on any atom is 0.264 e. The van der Waals surface area contributed by atoms with Gasteiger partial charge >= 0.3 is 0 Å². The van der Waals surface area contributed by atoms with Crippen molar-refractivity contribution in [2.24, 2.45) is 0 Å². The van der Waals surface area contributed by atoms with Gasteiger partial charge in [0.25, 0.3) is 10.0 Å². The van der Waals surface area contributed by atoms with Gasteiger partial charge in [0, 0.05) is 34.3 Å². The summed E-state index contributed by atoms with van der Waals surface area (Å²) in [6.45, 7) is 1.17. The lowest BCUT2D eigenvalue weighted by Crippen LogP contribution is -2.53. The molecule has 0 unspecified atom stereocenters. The molecule has 42 heavy (non-hydrogen) atoms.